The van der Waals surface area contributed by atoms with Crippen molar-refractivity contribution in [3.63, 3.8) is 0 Å². The molecular formula is C27H38N2O3S. The number of carbonyl (C=O) groups is 2. The van der Waals surface area contributed by atoms with Crippen molar-refractivity contribution < 1.29 is 14.3 Å². The van der Waals surface area contributed by atoms with Gasteiger partial charge in [0, 0.05) is 30.7 Å². The lowest BCUT2D eigenvalue weighted by atomic mass is 9.97. The van der Waals surface area contributed by atoms with Gasteiger partial charge in [-0.2, -0.15) is 0 Å². The third-order valence-corrected chi connectivity index (χ3v) is 7.17. The van der Waals surface area contributed by atoms with Gasteiger partial charge in [0.05, 0.1) is 6.42 Å². The number of amides is 2. The van der Waals surface area contributed by atoms with E-state index in [1.54, 1.807) is 16.2 Å². The quantitative estimate of drug-likeness (QED) is 0.419. The first-order chi connectivity index (χ1) is 16.0. The molecule has 0 bridgehead atoms. The molecule has 33 heavy (non-hydrogen) atoms. The zero-order chi connectivity index (χ0) is 23.6. The number of benzene rings is 1. The second-order valence-corrected chi connectivity index (χ2v) is 10.1. The summed E-state index contributed by atoms with van der Waals surface area (Å²) in [6, 6.07) is 11.7. The SMILES string of the molecule is CCOCCCN(C(=O)Cc1cccs1)[C@H](C(=O)NC1CCCC1)c1ccc(C(C)C)cc1. The lowest BCUT2D eigenvalue weighted by Gasteiger charge is -2.32. The van der Waals surface area contributed by atoms with E-state index in [4.69, 9.17) is 4.74 Å². The van der Waals surface area contributed by atoms with Crippen molar-refractivity contribution in [2.45, 2.75) is 77.3 Å². The summed E-state index contributed by atoms with van der Waals surface area (Å²) in [5, 5.41) is 5.23. The Morgan fingerprint density at radius 2 is 1.82 bits per heavy atom. The molecule has 0 unspecified atom stereocenters. The van der Waals surface area contributed by atoms with Crippen LogP contribution in [0.1, 0.15) is 80.8 Å². The Kier molecular flexibility index (Phi) is 9.95. The van der Waals surface area contributed by atoms with Crippen molar-refractivity contribution in [1.29, 1.82) is 0 Å². The molecule has 0 saturated heterocycles. The minimum absolute atomic E-state index is 0.0199. The molecule has 1 heterocycles. The Morgan fingerprint density at radius 3 is 2.42 bits per heavy atom. The van der Waals surface area contributed by atoms with E-state index in [1.165, 1.54) is 5.56 Å². The van der Waals surface area contributed by atoms with E-state index in [9.17, 15) is 9.59 Å². The minimum Gasteiger partial charge on any atom is -0.382 e. The van der Waals surface area contributed by atoms with E-state index in [1.807, 2.05) is 36.6 Å². The van der Waals surface area contributed by atoms with Gasteiger partial charge in [0.15, 0.2) is 0 Å². The Bertz CT molecular complexity index is 858. The summed E-state index contributed by atoms with van der Waals surface area (Å²) in [6.45, 7) is 7.98. The summed E-state index contributed by atoms with van der Waals surface area (Å²) in [6.07, 6.45) is 5.32. The van der Waals surface area contributed by atoms with Crippen molar-refractivity contribution in [3.8, 4) is 0 Å². The van der Waals surface area contributed by atoms with E-state index in [2.05, 4.69) is 31.3 Å². The van der Waals surface area contributed by atoms with Gasteiger partial charge >= 0.3 is 0 Å². The summed E-state index contributed by atoms with van der Waals surface area (Å²) in [5.74, 6) is 0.316. The highest BCUT2D eigenvalue weighted by Gasteiger charge is 2.33. The molecule has 0 aliphatic heterocycles. The molecule has 1 atom stereocenters. The molecule has 180 valence electrons. The normalized spacial score (nSPS) is 15.0. The number of thiophene rings is 1. The molecule has 1 aliphatic rings. The summed E-state index contributed by atoms with van der Waals surface area (Å²) >= 11 is 1.58. The molecule has 6 heteroatoms. The van der Waals surface area contributed by atoms with E-state index in [0.29, 0.717) is 38.5 Å². The number of nitrogens with zero attached hydrogens (tertiary/aromatic N) is 1. The van der Waals surface area contributed by atoms with Crippen LogP contribution < -0.4 is 5.32 Å². The molecule has 1 aliphatic carbocycles. The highest BCUT2D eigenvalue weighted by atomic mass is 32.1. The fourth-order valence-corrected chi connectivity index (χ4v) is 5.13. The van der Waals surface area contributed by atoms with Gasteiger partial charge in [0.25, 0.3) is 0 Å². The second kappa shape index (κ2) is 12.9. The molecule has 1 saturated carbocycles. The smallest absolute Gasteiger partial charge is 0.247 e. The van der Waals surface area contributed by atoms with Crippen LogP contribution in [0, 0.1) is 0 Å². The number of ether oxygens (including phenoxy) is 1. The predicted molar refractivity (Wildman–Crippen MR) is 135 cm³/mol. The second-order valence-electron chi connectivity index (χ2n) is 9.11. The predicted octanol–water partition coefficient (Wildman–Crippen LogP) is 5.47. The van der Waals surface area contributed by atoms with Crippen LogP contribution in [0.4, 0.5) is 0 Å². The van der Waals surface area contributed by atoms with Crippen molar-refractivity contribution in [1.82, 2.24) is 10.2 Å². The highest BCUT2D eigenvalue weighted by Crippen LogP contribution is 2.27. The number of hydrogen-bond acceptors (Lipinski definition) is 4. The lowest BCUT2D eigenvalue weighted by molar-refractivity contribution is -0.141. The van der Waals surface area contributed by atoms with Crippen LogP contribution in [-0.4, -0.2) is 42.5 Å². The van der Waals surface area contributed by atoms with Crippen LogP contribution in [-0.2, 0) is 20.7 Å². The van der Waals surface area contributed by atoms with Crippen molar-refractivity contribution in [3.05, 3.63) is 57.8 Å². The van der Waals surface area contributed by atoms with Gasteiger partial charge < -0.3 is 15.0 Å². The largest absolute Gasteiger partial charge is 0.382 e. The molecule has 1 fully saturated rings. The maximum atomic E-state index is 13.6. The van der Waals surface area contributed by atoms with Crippen LogP contribution in [0.3, 0.4) is 0 Å². The van der Waals surface area contributed by atoms with Crippen molar-refractivity contribution in [2.75, 3.05) is 19.8 Å². The molecule has 1 aromatic heterocycles. The number of nitrogens with one attached hydrogen (secondary N) is 1. The first-order valence-corrected chi connectivity index (χ1v) is 13.2. The molecule has 0 spiro atoms. The van der Waals surface area contributed by atoms with Gasteiger partial charge in [-0.1, -0.05) is 57.0 Å². The number of hydrogen-bond donors (Lipinski definition) is 1. The topological polar surface area (TPSA) is 58.6 Å². The van der Waals surface area contributed by atoms with Crippen LogP contribution in [0.2, 0.25) is 0 Å². The van der Waals surface area contributed by atoms with Gasteiger partial charge in [-0.3, -0.25) is 9.59 Å². The summed E-state index contributed by atoms with van der Waals surface area (Å²) in [7, 11) is 0. The Morgan fingerprint density at radius 1 is 1.12 bits per heavy atom. The first-order valence-electron chi connectivity index (χ1n) is 12.3. The number of rotatable bonds is 12. The minimum atomic E-state index is -0.638. The van der Waals surface area contributed by atoms with Gasteiger partial charge in [-0.15, -0.1) is 11.3 Å². The van der Waals surface area contributed by atoms with Crippen LogP contribution in [0.15, 0.2) is 41.8 Å². The molecule has 1 N–H and O–H groups in total. The van der Waals surface area contributed by atoms with Crippen LogP contribution in [0.5, 0.6) is 0 Å². The van der Waals surface area contributed by atoms with Gasteiger partial charge in [-0.05, 0) is 54.7 Å². The molecule has 3 rings (SSSR count). The third-order valence-electron chi connectivity index (χ3n) is 6.30. The average Bonchev–Trinajstić information content (AvgIpc) is 3.50. The Labute approximate surface area is 202 Å². The van der Waals surface area contributed by atoms with E-state index >= 15 is 0 Å². The zero-order valence-electron chi connectivity index (χ0n) is 20.2. The lowest BCUT2D eigenvalue weighted by Crippen LogP contribution is -2.47. The summed E-state index contributed by atoms with van der Waals surface area (Å²) < 4.78 is 5.53. The Hall–Kier alpha value is -2.18. The zero-order valence-corrected chi connectivity index (χ0v) is 21.0. The number of carbonyl (C=O) groups excluding carboxylic acids is 2. The van der Waals surface area contributed by atoms with Gasteiger partial charge in [-0.25, -0.2) is 0 Å². The van der Waals surface area contributed by atoms with E-state index in [-0.39, 0.29) is 17.9 Å². The average molecular weight is 471 g/mol. The molecule has 2 aromatic rings. The third kappa shape index (κ3) is 7.41. The van der Waals surface area contributed by atoms with Crippen LogP contribution in [0.25, 0.3) is 0 Å². The van der Waals surface area contributed by atoms with E-state index in [0.717, 1.165) is 36.1 Å². The fraction of sp³-hybridized carbons (Fsp3) is 0.556. The molecule has 1 aromatic carbocycles. The maximum absolute atomic E-state index is 13.6. The monoisotopic (exact) mass is 470 g/mol. The van der Waals surface area contributed by atoms with Crippen LogP contribution >= 0.6 is 11.3 Å². The first kappa shape index (κ1) is 25.4. The maximum Gasteiger partial charge on any atom is 0.247 e. The van der Waals surface area contributed by atoms with Gasteiger partial charge in [0.2, 0.25) is 11.8 Å². The summed E-state index contributed by atoms with van der Waals surface area (Å²) in [5.41, 5.74) is 2.09. The summed E-state index contributed by atoms with van der Waals surface area (Å²) in [4.78, 5) is 29.9. The molecule has 0 radical (unpaired) electrons. The highest BCUT2D eigenvalue weighted by molar-refractivity contribution is 7.10. The molecule has 2 amide bonds. The van der Waals surface area contributed by atoms with E-state index < -0.39 is 6.04 Å². The molecule has 5 nitrogen and oxygen atoms in total. The fourth-order valence-electron chi connectivity index (χ4n) is 4.43. The van der Waals surface area contributed by atoms with Crippen molar-refractivity contribution in [2.24, 2.45) is 0 Å². The molecular weight excluding hydrogens is 432 g/mol. The Balaban J connectivity index is 1.89. The standard InChI is InChI=1S/C27H38N2O3S/c1-4-32-17-8-16-29(25(30)19-24-11-7-18-33-24)26(27(31)28-23-9-5-6-10-23)22-14-12-21(13-15-22)20(2)3/h7,11-15,18,20,23,26H,4-6,8-10,16-17,19H2,1-3H3,(H,28,31)/t26-/m0/s1. The van der Waals surface area contributed by atoms with Gasteiger partial charge in [0.1, 0.15) is 6.04 Å². The van der Waals surface area contributed by atoms with Crippen molar-refractivity contribution >= 4 is 23.2 Å².